The quantitative estimate of drug-likeness (QED) is 0.671. The summed E-state index contributed by atoms with van der Waals surface area (Å²) in [5, 5.41) is 0. The van der Waals surface area contributed by atoms with E-state index in [0.717, 1.165) is 0 Å². The second-order valence-corrected chi connectivity index (χ2v) is 5.52. The second kappa shape index (κ2) is 5.25. The van der Waals surface area contributed by atoms with Gasteiger partial charge in [-0.25, -0.2) is 9.00 Å². The minimum atomic E-state index is -1.34. The Hall–Kier alpha value is -0.460. The summed E-state index contributed by atoms with van der Waals surface area (Å²) in [6, 6.07) is 0. The number of methoxy groups -OCH3 is 1. The van der Waals surface area contributed by atoms with E-state index < -0.39 is 22.8 Å². The van der Waals surface area contributed by atoms with E-state index >= 15 is 0 Å². The summed E-state index contributed by atoms with van der Waals surface area (Å²) >= 11 is -1.34. The number of rotatable bonds is 5. The molecule has 3 atom stereocenters. The van der Waals surface area contributed by atoms with Gasteiger partial charge < -0.3 is 9.47 Å². The summed E-state index contributed by atoms with van der Waals surface area (Å²) in [6.07, 6.45) is -0.635. The maximum absolute atomic E-state index is 11.4. The average molecular weight is 250 g/mol. The van der Waals surface area contributed by atoms with E-state index in [1.165, 1.54) is 7.11 Å². The molecular formula is C10H18O5S. The lowest BCUT2D eigenvalue weighted by atomic mass is 9.88. The maximum Gasteiger partial charge on any atom is 0.335 e. The number of carbonyl (C=O) groups excluding carboxylic acids is 1. The van der Waals surface area contributed by atoms with Crippen molar-refractivity contribution in [2.24, 2.45) is 5.92 Å². The highest BCUT2D eigenvalue weighted by Gasteiger charge is 2.47. The SMILES string of the molecule is CCS(=O)OC(C)(C)C1COC(=O)C1OC. The highest BCUT2D eigenvalue weighted by atomic mass is 32.2. The first-order valence-corrected chi connectivity index (χ1v) is 6.44. The molecule has 1 aliphatic heterocycles. The molecule has 0 bridgehead atoms. The molecule has 0 aromatic rings. The lowest BCUT2D eigenvalue weighted by molar-refractivity contribution is -0.146. The third-order valence-electron chi connectivity index (χ3n) is 2.69. The van der Waals surface area contributed by atoms with Crippen LogP contribution >= 0.6 is 0 Å². The Morgan fingerprint density at radius 3 is 2.69 bits per heavy atom. The van der Waals surface area contributed by atoms with Crippen LogP contribution in [-0.4, -0.2) is 41.4 Å². The van der Waals surface area contributed by atoms with Crippen molar-refractivity contribution in [1.82, 2.24) is 0 Å². The molecule has 1 fully saturated rings. The zero-order valence-electron chi connectivity index (χ0n) is 10.0. The highest BCUT2D eigenvalue weighted by molar-refractivity contribution is 7.80. The molecule has 0 aromatic carbocycles. The summed E-state index contributed by atoms with van der Waals surface area (Å²) in [4.78, 5) is 11.3. The predicted octanol–water partition coefficient (Wildman–Crippen LogP) is 0.653. The lowest BCUT2D eigenvalue weighted by Gasteiger charge is -2.31. The van der Waals surface area contributed by atoms with Crippen molar-refractivity contribution in [3.8, 4) is 0 Å². The van der Waals surface area contributed by atoms with Crippen LogP contribution in [0.5, 0.6) is 0 Å². The predicted molar refractivity (Wildman–Crippen MR) is 59.1 cm³/mol. The van der Waals surface area contributed by atoms with Crippen molar-refractivity contribution in [2.75, 3.05) is 19.5 Å². The molecule has 0 saturated carbocycles. The van der Waals surface area contributed by atoms with E-state index in [1.807, 2.05) is 0 Å². The van der Waals surface area contributed by atoms with Crippen molar-refractivity contribution in [3.63, 3.8) is 0 Å². The Kier molecular flexibility index (Phi) is 4.46. The fraction of sp³-hybridized carbons (Fsp3) is 0.900. The number of hydrogen-bond acceptors (Lipinski definition) is 5. The van der Waals surface area contributed by atoms with E-state index in [4.69, 9.17) is 13.7 Å². The van der Waals surface area contributed by atoms with Crippen molar-refractivity contribution < 1.29 is 22.7 Å². The average Bonchev–Trinajstić information content (AvgIpc) is 2.59. The van der Waals surface area contributed by atoms with Gasteiger partial charge in [0.1, 0.15) is 6.61 Å². The van der Waals surface area contributed by atoms with Gasteiger partial charge in [-0.2, -0.15) is 0 Å². The van der Waals surface area contributed by atoms with Crippen LogP contribution in [0.3, 0.4) is 0 Å². The van der Waals surface area contributed by atoms with E-state index in [-0.39, 0.29) is 18.5 Å². The monoisotopic (exact) mass is 250 g/mol. The van der Waals surface area contributed by atoms with Crippen molar-refractivity contribution in [2.45, 2.75) is 32.5 Å². The van der Waals surface area contributed by atoms with Crippen LogP contribution in [0.1, 0.15) is 20.8 Å². The molecule has 5 nitrogen and oxygen atoms in total. The number of esters is 1. The molecule has 3 unspecified atom stereocenters. The Morgan fingerprint density at radius 2 is 2.19 bits per heavy atom. The molecule has 0 amide bonds. The van der Waals surface area contributed by atoms with Gasteiger partial charge in [0.2, 0.25) is 0 Å². The molecule has 0 radical (unpaired) electrons. The van der Waals surface area contributed by atoms with Crippen molar-refractivity contribution in [1.29, 1.82) is 0 Å². The molecule has 1 heterocycles. The Bertz CT molecular complexity index is 289. The largest absolute Gasteiger partial charge is 0.463 e. The highest BCUT2D eigenvalue weighted by Crippen LogP contribution is 2.32. The first-order chi connectivity index (χ1) is 7.42. The fourth-order valence-corrected chi connectivity index (χ4v) is 2.41. The number of carbonyl (C=O) groups is 1. The maximum atomic E-state index is 11.4. The molecule has 0 aromatic heterocycles. The van der Waals surface area contributed by atoms with Crippen LogP contribution in [0, 0.1) is 5.92 Å². The van der Waals surface area contributed by atoms with Gasteiger partial charge >= 0.3 is 5.97 Å². The van der Waals surface area contributed by atoms with Crippen LogP contribution in [0.4, 0.5) is 0 Å². The number of cyclic esters (lactones) is 1. The van der Waals surface area contributed by atoms with Gasteiger partial charge in [0.15, 0.2) is 17.2 Å². The Labute approximate surface area is 98.1 Å². The summed E-state index contributed by atoms with van der Waals surface area (Å²) in [5.74, 6) is -0.199. The van der Waals surface area contributed by atoms with Crippen molar-refractivity contribution in [3.05, 3.63) is 0 Å². The third kappa shape index (κ3) is 2.81. The van der Waals surface area contributed by atoms with Gasteiger partial charge in [-0.1, -0.05) is 6.92 Å². The molecule has 0 spiro atoms. The summed E-state index contributed by atoms with van der Waals surface area (Å²) in [7, 11) is 1.46. The molecule has 94 valence electrons. The standard InChI is InChI=1S/C10H18O5S/c1-5-16(12)15-10(2,3)7-6-14-9(11)8(7)13-4/h7-8H,5-6H2,1-4H3. The number of ether oxygens (including phenoxy) is 2. The fourth-order valence-electron chi connectivity index (χ4n) is 1.69. The van der Waals surface area contributed by atoms with Crippen LogP contribution in [0.2, 0.25) is 0 Å². The van der Waals surface area contributed by atoms with Gasteiger partial charge in [-0.15, -0.1) is 0 Å². The van der Waals surface area contributed by atoms with E-state index in [0.29, 0.717) is 5.75 Å². The minimum Gasteiger partial charge on any atom is -0.463 e. The van der Waals surface area contributed by atoms with Gasteiger partial charge in [-0.05, 0) is 13.8 Å². The molecule has 6 heteroatoms. The summed E-state index contributed by atoms with van der Waals surface area (Å²) in [5.41, 5.74) is -0.715. The first-order valence-electron chi connectivity index (χ1n) is 5.19. The topological polar surface area (TPSA) is 61.8 Å². The normalized spacial score (nSPS) is 27.9. The minimum absolute atomic E-state index is 0.236. The van der Waals surface area contributed by atoms with Gasteiger partial charge in [0.05, 0.1) is 11.5 Å². The zero-order valence-corrected chi connectivity index (χ0v) is 10.8. The van der Waals surface area contributed by atoms with Crippen molar-refractivity contribution >= 4 is 17.0 Å². The van der Waals surface area contributed by atoms with Crippen LogP contribution in [0.25, 0.3) is 0 Å². The number of hydrogen-bond donors (Lipinski definition) is 0. The van der Waals surface area contributed by atoms with Gasteiger partial charge in [0.25, 0.3) is 0 Å². The zero-order chi connectivity index (χ0) is 12.3. The Balaban J connectivity index is 2.74. The van der Waals surface area contributed by atoms with Crippen LogP contribution < -0.4 is 0 Å². The van der Waals surface area contributed by atoms with E-state index in [2.05, 4.69) is 0 Å². The molecular weight excluding hydrogens is 232 g/mol. The first kappa shape index (κ1) is 13.6. The molecule has 0 aliphatic carbocycles. The summed E-state index contributed by atoms with van der Waals surface area (Å²) in [6.45, 7) is 5.60. The lowest BCUT2D eigenvalue weighted by Crippen LogP contribution is -2.43. The smallest absolute Gasteiger partial charge is 0.335 e. The van der Waals surface area contributed by atoms with E-state index in [1.54, 1.807) is 20.8 Å². The second-order valence-electron chi connectivity index (χ2n) is 4.17. The molecule has 0 N–H and O–H groups in total. The third-order valence-corrected chi connectivity index (χ3v) is 3.78. The summed E-state index contributed by atoms with van der Waals surface area (Å²) < 4.78 is 26.8. The molecule has 1 aliphatic rings. The van der Waals surface area contributed by atoms with E-state index in [9.17, 15) is 9.00 Å². The van der Waals surface area contributed by atoms with Crippen LogP contribution in [0.15, 0.2) is 0 Å². The van der Waals surface area contributed by atoms with Gasteiger partial charge in [-0.3, -0.25) is 4.18 Å². The Morgan fingerprint density at radius 1 is 1.56 bits per heavy atom. The molecule has 16 heavy (non-hydrogen) atoms. The molecule has 1 saturated heterocycles. The van der Waals surface area contributed by atoms with Crippen LogP contribution in [-0.2, 0) is 29.5 Å². The molecule has 1 rings (SSSR count). The van der Waals surface area contributed by atoms with Gasteiger partial charge in [0, 0.05) is 12.9 Å².